The first-order valence-electron chi connectivity index (χ1n) is 12.5. The molecule has 0 radical (unpaired) electrons. The number of nitriles is 1. The quantitative estimate of drug-likeness (QED) is 0.393. The number of hydrogen-bond acceptors (Lipinski definition) is 4. The van der Waals surface area contributed by atoms with E-state index in [4.69, 9.17) is 0 Å². The minimum atomic E-state index is -0.294. The average molecular weight is 501 g/mol. The third-order valence-corrected chi connectivity index (χ3v) is 7.52. The molecule has 3 aromatic rings. The number of hydrogen-bond donors (Lipinski definition) is 1. The van der Waals surface area contributed by atoms with Crippen molar-refractivity contribution in [2.45, 2.75) is 58.2 Å². The first-order valence-corrected chi connectivity index (χ1v) is 13.3. The summed E-state index contributed by atoms with van der Waals surface area (Å²) >= 11 is 1.69. The summed E-state index contributed by atoms with van der Waals surface area (Å²) in [6.07, 6.45) is 5.04. The number of benzene rings is 2. The number of nitrogens with one attached hydrogen (secondary N) is 1. The minimum Gasteiger partial charge on any atom is -0.332 e. The second-order valence-electron chi connectivity index (χ2n) is 9.29. The summed E-state index contributed by atoms with van der Waals surface area (Å²) in [7, 11) is 0. The number of rotatable bonds is 8. The molecule has 6 nitrogen and oxygen atoms in total. The van der Waals surface area contributed by atoms with Gasteiger partial charge < -0.3 is 15.1 Å². The molecule has 0 unspecified atom stereocenters. The summed E-state index contributed by atoms with van der Waals surface area (Å²) in [6.45, 7) is 3.08. The molecule has 0 atom stereocenters. The zero-order valence-electron chi connectivity index (χ0n) is 20.7. The molecule has 1 heterocycles. The first kappa shape index (κ1) is 25.5. The van der Waals surface area contributed by atoms with Crippen LogP contribution >= 0.6 is 11.3 Å². The smallest absolute Gasteiger partial charge is 0.322 e. The third kappa shape index (κ3) is 6.96. The Bertz CT molecular complexity index is 1210. The lowest BCUT2D eigenvalue weighted by Crippen LogP contribution is -2.49. The summed E-state index contributed by atoms with van der Waals surface area (Å²) in [5, 5.41) is 12.1. The van der Waals surface area contributed by atoms with Crippen LogP contribution in [0.5, 0.6) is 0 Å². The monoisotopic (exact) mass is 500 g/mol. The molecule has 0 spiro atoms. The zero-order valence-corrected chi connectivity index (χ0v) is 21.5. The van der Waals surface area contributed by atoms with Crippen molar-refractivity contribution in [2.24, 2.45) is 0 Å². The van der Waals surface area contributed by atoms with Crippen molar-refractivity contribution in [3.63, 3.8) is 0 Å². The number of nitrogens with zero attached hydrogens (tertiary/aromatic N) is 3. The summed E-state index contributed by atoms with van der Waals surface area (Å²) < 4.78 is 0. The molecule has 2 aromatic carbocycles. The third-order valence-electron chi connectivity index (χ3n) is 6.54. The number of carbonyl (C=O) groups excluding carboxylic acids is 2. The molecule has 0 aliphatic heterocycles. The fraction of sp³-hybridized carbons (Fsp3) is 0.345. The highest BCUT2D eigenvalue weighted by molar-refractivity contribution is 7.11. The fourth-order valence-corrected chi connectivity index (χ4v) is 5.57. The van der Waals surface area contributed by atoms with Gasteiger partial charge in [0.1, 0.15) is 6.54 Å². The molecule has 3 amide bonds. The standard InChI is InChI=1S/C29H32N4O2S/c1-22-15-16-27(36-22)20-32(19-23-9-4-2-5-10-23)28(34)21-33(26-13-6-3-7-14-26)29(35)31-25-12-8-11-24(17-25)18-30/h2,4-5,8-12,15-17,26H,3,6-7,13-14,19-21H2,1H3,(H,31,35). The van der Waals surface area contributed by atoms with Gasteiger partial charge in [-0.25, -0.2) is 4.79 Å². The van der Waals surface area contributed by atoms with Crippen LogP contribution in [-0.4, -0.2) is 34.3 Å². The Morgan fingerprint density at radius 3 is 2.47 bits per heavy atom. The topological polar surface area (TPSA) is 76.4 Å². The van der Waals surface area contributed by atoms with Gasteiger partial charge in [-0.05, 0) is 55.7 Å². The van der Waals surface area contributed by atoms with Crippen molar-refractivity contribution in [3.8, 4) is 6.07 Å². The van der Waals surface area contributed by atoms with Gasteiger partial charge in [0.15, 0.2) is 0 Å². The van der Waals surface area contributed by atoms with Crippen LogP contribution in [0.2, 0.25) is 0 Å². The predicted octanol–water partition coefficient (Wildman–Crippen LogP) is 6.32. The van der Waals surface area contributed by atoms with E-state index in [2.05, 4.69) is 30.4 Å². The highest BCUT2D eigenvalue weighted by atomic mass is 32.1. The molecular weight excluding hydrogens is 468 g/mol. The van der Waals surface area contributed by atoms with Crippen LogP contribution in [0, 0.1) is 18.3 Å². The fourth-order valence-electron chi connectivity index (χ4n) is 4.66. The lowest BCUT2D eigenvalue weighted by Gasteiger charge is -2.35. The molecule has 186 valence electrons. The average Bonchev–Trinajstić information content (AvgIpc) is 3.32. The van der Waals surface area contributed by atoms with E-state index in [1.165, 1.54) is 4.88 Å². The molecule has 1 aliphatic rings. The summed E-state index contributed by atoms with van der Waals surface area (Å²) in [5.74, 6) is -0.0728. The maximum absolute atomic E-state index is 13.7. The van der Waals surface area contributed by atoms with Crippen molar-refractivity contribution in [2.75, 3.05) is 11.9 Å². The van der Waals surface area contributed by atoms with Crippen LogP contribution in [0.1, 0.15) is 53.0 Å². The molecule has 0 bridgehead atoms. The summed E-state index contributed by atoms with van der Waals surface area (Å²) in [4.78, 5) is 33.1. The number of thiophene rings is 1. The molecule has 1 aliphatic carbocycles. The number of urea groups is 1. The van der Waals surface area contributed by atoms with Crippen LogP contribution in [0.3, 0.4) is 0 Å². The van der Waals surface area contributed by atoms with Crippen molar-refractivity contribution in [3.05, 3.63) is 87.6 Å². The minimum absolute atomic E-state index is 0.0180. The van der Waals surface area contributed by atoms with E-state index >= 15 is 0 Å². The Hall–Kier alpha value is -3.63. The molecule has 36 heavy (non-hydrogen) atoms. The molecular formula is C29H32N4O2S. The van der Waals surface area contributed by atoms with E-state index in [1.807, 2.05) is 35.2 Å². The van der Waals surface area contributed by atoms with Gasteiger partial charge in [-0.3, -0.25) is 4.79 Å². The lowest BCUT2D eigenvalue weighted by atomic mass is 9.94. The number of carbonyl (C=O) groups is 2. The molecule has 1 aromatic heterocycles. The number of aryl methyl sites for hydroxylation is 1. The Morgan fingerprint density at radius 1 is 1.00 bits per heavy atom. The van der Waals surface area contributed by atoms with E-state index < -0.39 is 0 Å². The molecule has 4 rings (SSSR count). The predicted molar refractivity (Wildman–Crippen MR) is 144 cm³/mol. The molecule has 7 heteroatoms. The Morgan fingerprint density at radius 2 is 1.78 bits per heavy atom. The normalized spacial score (nSPS) is 13.6. The van der Waals surface area contributed by atoms with E-state index in [9.17, 15) is 14.9 Å². The van der Waals surface area contributed by atoms with E-state index in [0.29, 0.717) is 24.3 Å². The Labute approximate surface area is 217 Å². The van der Waals surface area contributed by atoms with Crippen LogP contribution in [0.4, 0.5) is 10.5 Å². The molecule has 1 fully saturated rings. The molecule has 1 saturated carbocycles. The van der Waals surface area contributed by atoms with Crippen molar-refractivity contribution >= 4 is 29.0 Å². The van der Waals surface area contributed by atoms with E-state index in [-0.39, 0.29) is 24.5 Å². The van der Waals surface area contributed by atoms with Gasteiger partial charge in [0, 0.05) is 28.0 Å². The van der Waals surface area contributed by atoms with E-state index in [1.54, 1.807) is 40.5 Å². The summed E-state index contributed by atoms with van der Waals surface area (Å²) in [5.41, 5.74) is 2.09. The van der Waals surface area contributed by atoms with Crippen LogP contribution in [-0.2, 0) is 17.9 Å². The van der Waals surface area contributed by atoms with Crippen LogP contribution in [0.15, 0.2) is 66.7 Å². The van der Waals surface area contributed by atoms with Crippen molar-refractivity contribution < 1.29 is 9.59 Å². The van der Waals surface area contributed by atoms with Gasteiger partial charge in [-0.1, -0.05) is 55.7 Å². The SMILES string of the molecule is Cc1ccc(CN(Cc2ccccc2)C(=O)CN(C(=O)Nc2cccc(C#N)c2)C2CCCCC2)s1. The molecule has 0 saturated heterocycles. The van der Waals surface area contributed by atoms with Gasteiger partial charge in [-0.2, -0.15) is 5.26 Å². The number of amides is 3. The number of anilines is 1. The highest BCUT2D eigenvalue weighted by Crippen LogP contribution is 2.25. The van der Waals surface area contributed by atoms with Crippen LogP contribution < -0.4 is 5.32 Å². The van der Waals surface area contributed by atoms with Gasteiger partial charge in [0.25, 0.3) is 0 Å². The largest absolute Gasteiger partial charge is 0.332 e. The second-order valence-corrected chi connectivity index (χ2v) is 10.7. The first-order chi connectivity index (χ1) is 17.5. The second kappa shape index (κ2) is 12.4. The maximum atomic E-state index is 13.7. The zero-order chi connectivity index (χ0) is 25.3. The Kier molecular flexibility index (Phi) is 8.75. The highest BCUT2D eigenvalue weighted by Gasteiger charge is 2.29. The maximum Gasteiger partial charge on any atom is 0.322 e. The van der Waals surface area contributed by atoms with Gasteiger partial charge >= 0.3 is 6.03 Å². The van der Waals surface area contributed by atoms with Gasteiger partial charge in [-0.15, -0.1) is 11.3 Å². The van der Waals surface area contributed by atoms with E-state index in [0.717, 1.165) is 42.5 Å². The van der Waals surface area contributed by atoms with Gasteiger partial charge in [0.2, 0.25) is 5.91 Å². The van der Waals surface area contributed by atoms with Gasteiger partial charge in [0.05, 0.1) is 18.2 Å². The van der Waals surface area contributed by atoms with Crippen LogP contribution in [0.25, 0.3) is 0 Å². The lowest BCUT2D eigenvalue weighted by molar-refractivity contribution is -0.133. The molecule has 1 N–H and O–H groups in total. The van der Waals surface area contributed by atoms with Crippen molar-refractivity contribution in [1.29, 1.82) is 5.26 Å². The van der Waals surface area contributed by atoms with Crippen molar-refractivity contribution in [1.82, 2.24) is 9.80 Å². The Balaban J connectivity index is 1.54. The summed E-state index contributed by atoms with van der Waals surface area (Å²) in [6, 6.07) is 22.8.